The van der Waals surface area contributed by atoms with Crippen LogP contribution in [0.4, 0.5) is 4.39 Å². The van der Waals surface area contributed by atoms with Gasteiger partial charge in [-0.05, 0) is 37.1 Å². The first-order chi connectivity index (χ1) is 10.6. The average Bonchev–Trinajstić information content (AvgIpc) is 2.99. The van der Waals surface area contributed by atoms with E-state index >= 15 is 0 Å². The van der Waals surface area contributed by atoms with E-state index in [-0.39, 0.29) is 11.6 Å². The van der Waals surface area contributed by atoms with Gasteiger partial charge in [0.15, 0.2) is 0 Å². The largest absolute Gasteiger partial charge is 0.386 e. The van der Waals surface area contributed by atoms with Crippen LogP contribution in [0.1, 0.15) is 36.1 Å². The Hall–Kier alpha value is -1.50. The van der Waals surface area contributed by atoms with Crippen molar-refractivity contribution < 1.29 is 9.50 Å². The van der Waals surface area contributed by atoms with E-state index in [0.29, 0.717) is 11.5 Å². The monoisotopic (exact) mass is 324 g/mol. The molecule has 0 bridgehead atoms. The smallest absolute Gasteiger partial charge is 0.142 e. The van der Waals surface area contributed by atoms with Crippen LogP contribution in [0.2, 0.25) is 5.02 Å². The average molecular weight is 325 g/mol. The molecule has 2 heterocycles. The molecular weight excluding hydrogens is 307 g/mol. The van der Waals surface area contributed by atoms with Crippen LogP contribution < -0.4 is 5.32 Å². The number of piperidine rings is 1. The summed E-state index contributed by atoms with van der Waals surface area (Å²) < 4.78 is 15.0. The van der Waals surface area contributed by atoms with Gasteiger partial charge in [0.05, 0.1) is 23.4 Å². The van der Waals surface area contributed by atoms with Gasteiger partial charge < -0.3 is 10.4 Å². The van der Waals surface area contributed by atoms with Gasteiger partial charge in [-0.15, -0.1) is 5.10 Å². The van der Waals surface area contributed by atoms with Gasteiger partial charge in [0.25, 0.3) is 0 Å². The molecule has 7 heteroatoms. The number of nitrogens with one attached hydrogen (secondary N) is 1. The van der Waals surface area contributed by atoms with Crippen molar-refractivity contribution >= 4 is 11.6 Å². The maximum Gasteiger partial charge on any atom is 0.142 e. The third-order valence-corrected chi connectivity index (χ3v) is 4.27. The number of hydrogen-bond acceptors (Lipinski definition) is 4. The van der Waals surface area contributed by atoms with E-state index in [1.54, 1.807) is 10.7 Å². The molecule has 0 saturated carbocycles. The van der Waals surface area contributed by atoms with Crippen LogP contribution in [0.25, 0.3) is 0 Å². The molecule has 2 aromatic rings. The van der Waals surface area contributed by atoms with Crippen LogP contribution in [0.3, 0.4) is 0 Å². The van der Waals surface area contributed by atoms with Crippen molar-refractivity contribution in [3.8, 4) is 0 Å². The molecule has 22 heavy (non-hydrogen) atoms. The number of benzene rings is 1. The second-order valence-electron chi connectivity index (χ2n) is 5.60. The summed E-state index contributed by atoms with van der Waals surface area (Å²) >= 11 is 5.64. The zero-order valence-corrected chi connectivity index (χ0v) is 12.8. The number of aromatic nitrogens is 3. The highest BCUT2D eigenvalue weighted by molar-refractivity contribution is 6.30. The van der Waals surface area contributed by atoms with Gasteiger partial charge in [0.1, 0.15) is 5.82 Å². The lowest BCUT2D eigenvalue weighted by Crippen LogP contribution is -2.28. The molecule has 118 valence electrons. The molecule has 0 spiro atoms. The Balaban J connectivity index is 1.67. The molecule has 1 saturated heterocycles. The molecule has 0 radical (unpaired) electrons. The molecule has 2 atom stereocenters. The van der Waals surface area contributed by atoms with Crippen molar-refractivity contribution in [3.63, 3.8) is 0 Å². The summed E-state index contributed by atoms with van der Waals surface area (Å²) in [5, 5.41) is 21.8. The van der Waals surface area contributed by atoms with Crippen LogP contribution in [0, 0.1) is 5.82 Å². The number of rotatable bonds is 4. The van der Waals surface area contributed by atoms with Gasteiger partial charge in [-0.1, -0.05) is 22.9 Å². The molecule has 0 aliphatic carbocycles. The summed E-state index contributed by atoms with van der Waals surface area (Å²) in [6, 6.07) is 4.30. The molecule has 1 aliphatic heterocycles. The zero-order chi connectivity index (χ0) is 15.5. The highest BCUT2D eigenvalue weighted by Gasteiger charge is 2.19. The third-order valence-electron chi connectivity index (χ3n) is 3.96. The molecule has 3 rings (SSSR count). The summed E-state index contributed by atoms with van der Waals surface area (Å²) in [7, 11) is 0. The summed E-state index contributed by atoms with van der Waals surface area (Å²) in [6.45, 7) is 2.18. The first-order valence-corrected chi connectivity index (χ1v) is 7.75. The SMILES string of the molecule is OC(Cn1cc(C2CCCNC2)nn1)c1ccc(Cl)c(F)c1. The fourth-order valence-electron chi connectivity index (χ4n) is 2.70. The van der Waals surface area contributed by atoms with Gasteiger partial charge in [0.2, 0.25) is 0 Å². The lowest BCUT2D eigenvalue weighted by Gasteiger charge is -2.20. The fourth-order valence-corrected chi connectivity index (χ4v) is 2.81. The molecule has 2 N–H and O–H groups in total. The Bertz CT molecular complexity index is 642. The van der Waals surface area contributed by atoms with Crippen LogP contribution >= 0.6 is 11.6 Å². The molecule has 2 unspecified atom stereocenters. The Kier molecular flexibility index (Phi) is 4.71. The summed E-state index contributed by atoms with van der Waals surface area (Å²) in [5.41, 5.74) is 1.40. The predicted octanol–water partition coefficient (Wildman–Crippen LogP) is 2.27. The van der Waals surface area contributed by atoms with Crippen molar-refractivity contribution in [2.24, 2.45) is 0 Å². The molecule has 1 aromatic carbocycles. The number of aliphatic hydroxyl groups excluding tert-OH is 1. The Morgan fingerprint density at radius 2 is 2.36 bits per heavy atom. The molecule has 1 aliphatic rings. The van der Waals surface area contributed by atoms with Gasteiger partial charge >= 0.3 is 0 Å². The van der Waals surface area contributed by atoms with E-state index in [9.17, 15) is 9.50 Å². The quantitative estimate of drug-likeness (QED) is 0.905. The first-order valence-electron chi connectivity index (χ1n) is 7.37. The summed E-state index contributed by atoms with van der Waals surface area (Å²) in [4.78, 5) is 0. The standard InChI is InChI=1S/C15H18ClFN4O/c16-12-4-3-10(6-13(12)17)15(22)9-21-8-14(19-20-21)11-2-1-5-18-7-11/h3-4,6,8,11,15,18,22H,1-2,5,7,9H2. The van der Waals surface area contributed by atoms with E-state index in [1.807, 2.05) is 6.20 Å². The topological polar surface area (TPSA) is 63.0 Å². The van der Waals surface area contributed by atoms with E-state index in [1.165, 1.54) is 12.1 Å². The number of aliphatic hydroxyl groups is 1. The Morgan fingerprint density at radius 1 is 1.50 bits per heavy atom. The number of hydrogen-bond donors (Lipinski definition) is 2. The maximum absolute atomic E-state index is 13.4. The molecule has 5 nitrogen and oxygen atoms in total. The van der Waals surface area contributed by atoms with Crippen LogP contribution in [0.15, 0.2) is 24.4 Å². The summed E-state index contributed by atoms with van der Waals surface area (Å²) in [6.07, 6.45) is 3.22. The van der Waals surface area contributed by atoms with Crippen molar-refractivity contribution in [2.45, 2.75) is 31.4 Å². The molecule has 1 aromatic heterocycles. The lowest BCUT2D eigenvalue weighted by molar-refractivity contribution is 0.150. The minimum Gasteiger partial charge on any atom is -0.386 e. The van der Waals surface area contributed by atoms with E-state index in [2.05, 4.69) is 15.6 Å². The van der Waals surface area contributed by atoms with Gasteiger partial charge in [0, 0.05) is 18.7 Å². The zero-order valence-electron chi connectivity index (χ0n) is 12.0. The van der Waals surface area contributed by atoms with E-state index < -0.39 is 11.9 Å². The second-order valence-corrected chi connectivity index (χ2v) is 6.01. The highest BCUT2D eigenvalue weighted by atomic mass is 35.5. The van der Waals surface area contributed by atoms with Gasteiger partial charge in [-0.25, -0.2) is 9.07 Å². The van der Waals surface area contributed by atoms with E-state index in [4.69, 9.17) is 11.6 Å². The van der Waals surface area contributed by atoms with Crippen molar-refractivity contribution in [1.82, 2.24) is 20.3 Å². The van der Waals surface area contributed by atoms with E-state index in [0.717, 1.165) is 31.6 Å². The van der Waals surface area contributed by atoms with Crippen molar-refractivity contribution in [1.29, 1.82) is 0 Å². The fraction of sp³-hybridized carbons (Fsp3) is 0.467. The third kappa shape index (κ3) is 3.45. The Morgan fingerprint density at radius 3 is 3.09 bits per heavy atom. The number of nitrogens with zero attached hydrogens (tertiary/aromatic N) is 3. The molecule has 1 fully saturated rings. The highest BCUT2D eigenvalue weighted by Crippen LogP contribution is 2.23. The number of halogens is 2. The van der Waals surface area contributed by atoms with Crippen molar-refractivity contribution in [3.05, 3.63) is 46.5 Å². The van der Waals surface area contributed by atoms with Gasteiger partial charge in [-0.2, -0.15) is 0 Å². The second kappa shape index (κ2) is 6.73. The van der Waals surface area contributed by atoms with Crippen molar-refractivity contribution in [2.75, 3.05) is 13.1 Å². The normalized spacial score (nSPS) is 20.0. The van der Waals surface area contributed by atoms with Crippen LogP contribution in [-0.4, -0.2) is 33.2 Å². The summed E-state index contributed by atoms with van der Waals surface area (Å²) in [5.74, 6) is -0.168. The minimum atomic E-state index is -0.856. The maximum atomic E-state index is 13.4. The first kappa shape index (κ1) is 15.4. The minimum absolute atomic E-state index is 0.0452. The van der Waals surface area contributed by atoms with Crippen LogP contribution in [0.5, 0.6) is 0 Å². The van der Waals surface area contributed by atoms with Gasteiger partial charge in [-0.3, -0.25) is 0 Å². The molecular formula is C15H18ClFN4O. The Labute approximate surface area is 133 Å². The molecule has 0 amide bonds. The van der Waals surface area contributed by atoms with Crippen LogP contribution in [-0.2, 0) is 6.54 Å². The lowest BCUT2D eigenvalue weighted by atomic mass is 9.97. The predicted molar refractivity (Wildman–Crippen MR) is 81.2 cm³/mol.